The molecule has 5 nitrogen and oxygen atoms in total. The van der Waals surface area contributed by atoms with E-state index in [4.69, 9.17) is 4.42 Å². The lowest BCUT2D eigenvalue weighted by molar-refractivity contribution is -0.121. The van der Waals surface area contributed by atoms with Crippen LogP contribution in [0.25, 0.3) is 0 Å². The van der Waals surface area contributed by atoms with Crippen molar-refractivity contribution in [2.45, 2.75) is 13.3 Å². The first kappa shape index (κ1) is 10.7. The van der Waals surface area contributed by atoms with E-state index < -0.39 is 0 Å². The molecule has 1 N–H and O–H groups in total. The first-order chi connectivity index (χ1) is 7.68. The van der Waals surface area contributed by atoms with E-state index in [2.05, 4.69) is 5.32 Å². The van der Waals surface area contributed by atoms with Crippen molar-refractivity contribution in [3.8, 4) is 0 Å². The molecule has 1 aliphatic heterocycles. The average molecular weight is 222 g/mol. The standard InChI is InChI=1S/C11H14N2O3/c1-8-9(3-6-16-8)11(15)13-5-2-4-12-10(14)7-13/h3,6H,2,4-5,7H2,1H3,(H,12,14). The average Bonchev–Trinajstić information content (AvgIpc) is 2.55. The van der Waals surface area contributed by atoms with Crippen LogP contribution in [0.2, 0.25) is 0 Å². The van der Waals surface area contributed by atoms with Crippen molar-refractivity contribution in [3.63, 3.8) is 0 Å². The Bertz CT molecular complexity index is 411. The van der Waals surface area contributed by atoms with Crippen molar-refractivity contribution < 1.29 is 14.0 Å². The predicted molar refractivity (Wildman–Crippen MR) is 57.0 cm³/mol. The van der Waals surface area contributed by atoms with Gasteiger partial charge in [-0.05, 0) is 19.4 Å². The number of nitrogens with one attached hydrogen (secondary N) is 1. The fraction of sp³-hybridized carbons (Fsp3) is 0.455. The highest BCUT2D eigenvalue weighted by Crippen LogP contribution is 2.12. The molecule has 0 saturated carbocycles. The van der Waals surface area contributed by atoms with E-state index in [1.165, 1.54) is 6.26 Å². The van der Waals surface area contributed by atoms with Gasteiger partial charge in [-0.1, -0.05) is 0 Å². The molecule has 0 aliphatic carbocycles. The topological polar surface area (TPSA) is 62.6 Å². The minimum absolute atomic E-state index is 0.105. The Balaban J connectivity index is 2.15. The summed E-state index contributed by atoms with van der Waals surface area (Å²) < 4.78 is 5.09. The van der Waals surface area contributed by atoms with E-state index in [9.17, 15) is 9.59 Å². The molecule has 16 heavy (non-hydrogen) atoms. The molecule has 1 saturated heterocycles. The minimum atomic E-state index is -0.136. The molecule has 0 bridgehead atoms. The molecule has 2 rings (SSSR count). The Morgan fingerprint density at radius 1 is 1.56 bits per heavy atom. The van der Waals surface area contributed by atoms with Crippen molar-refractivity contribution in [1.29, 1.82) is 0 Å². The molecule has 1 aliphatic rings. The number of amides is 2. The van der Waals surface area contributed by atoms with Crippen LogP contribution in [0.3, 0.4) is 0 Å². The Morgan fingerprint density at radius 3 is 3.06 bits per heavy atom. The molecule has 86 valence electrons. The quantitative estimate of drug-likeness (QED) is 0.754. The predicted octanol–water partition coefficient (Wildman–Crippen LogP) is 0.550. The van der Waals surface area contributed by atoms with Crippen molar-refractivity contribution in [3.05, 3.63) is 23.7 Å². The van der Waals surface area contributed by atoms with Gasteiger partial charge in [-0.25, -0.2) is 0 Å². The molecule has 1 aromatic rings. The minimum Gasteiger partial charge on any atom is -0.469 e. The number of furan rings is 1. The zero-order valence-corrected chi connectivity index (χ0v) is 9.16. The van der Waals surface area contributed by atoms with E-state index in [-0.39, 0.29) is 18.4 Å². The van der Waals surface area contributed by atoms with Crippen LogP contribution in [0.5, 0.6) is 0 Å². The molecular weight excluding hydrogens is 208 g/mol. The summed E-state index contributed by atoms with van der Waals surface area (Å²) in [6, 6.07) is 1.64. The number of aryl methyl sites for hydroxylation is 1. The second kappa shape index (κ2) is 4.38. The number of nitrogens with zero attached hydrogens (tertiary/aromatic N) is 1. The Kier molecular flexibility index (Phi) is 2.94. The van der Waals surface area contributed by atoms with E-state index >= 15 is 0 Å². The van der Waals surface area contributed by atoms with E-state index in [0.29, 0.717) is 24.4 Å². The van der Waals surface area contributed by atoms with Gasteiger partial charge in [-0.15, -0.1) is 0 Å². The first-order valence-electron chi connectivity index (χ1n) is 5.28. The first-order valence-corrected chi connectivity index (χ1v) is 5.28. The maximum atomic E-state index is 12.1. The summed E-state index contributed by atoms with van der Waals surface area (Å²) in [6.45, 7) is 3.10. The summed E-state index contributed by atoms with van der Waals surface area (Å²) in [5.41, 5.74) is 0.537. The lowest BCUT2D eigenvalue weighted by atomic mass is 10.2. The fourth-order valence-electron chi connectivity index (χ4n) is 1.76. The molecule has 0 radical (unpaired) electrons. The number of carbonyl (C=O) groups is 2. The molecule has 0 spiro atoms. The van der Waals surface area contributed by atoms with Gasteiger partial charge in [0.2, 0.25) is 5.91 Å². The molecule has 0 aromatic carbocycles. The van der Waals surface area contributed by atoms with Crippen LogP contribution in [0.1, 0.15) is 22.5 Å². The zero-order chi connectivity index (χ0) is 11.5. The highest BCUT2D eigenvalue weighted by Gasteiger charge is 2.22. The van der Waals surface area contributed by atoms with E-state index in [1.807, 2.05) is 0 Å². The summed E-state index contributed by atoms with van der Waals surface area (Å²) in [7, 11) is 0. The third-order valence-corrected chi connectivity index (χ3v) is 2.64. The Labute approximate surface area is 93.4 Å². The SMILES string of the molecule is Cc1occc1C(=O)N1CCCNC(=O)C1. The second-order valence-electron chi connectivity index (χ2n) is 3.82. The summed E-state index contributed by atoms with van der Waals surface area (Å²) in [5.74, 6) is 0.352. The summed E-state index contributed by atoms with van der Waals surface area (Å²) in [4.78, 5) is 24.9. The summed E-state index contributed by atoms with van der Waals surface area (Å²) in [6.07, 6.45) is 2.27. The van der Waals surface area contributed by atoms with Crippen LogP contribution in [0.15, 0.2) is 16.7 Å². The van der Waals surface area contributed by atoms with Gasteiger partial charge in [0.05, 0.1) is 18.4 Å². The number of rotatable bonds is 1. The molecule has 0 atom stereocenters. The van der Waals surface area contributed by atoms with Crippen LogP contribution >= 0.6 is 0 Å². The van der Waals surface area contributed by atoms with Gasteiger partial charge >= 0.3 is 0 Å². The van der Waals surface area contributed by atoms with Crippen LogP contribution in [-0.2, 0) is 4.79 Å². The number of hydrogen-bond acceptors (Lipinski definition) is 3. The molecule has 2 amide bonds. The number of carbonyl (C=O) groups excluding carboxylic acids is 2. The lowest BCUT2D eigenvalue weighted by Crippen LogP contribution is -2.37. The van der Waals surface area contributed by atoms with Crippen LogP contribution in [-0.4, -0.2) is 36.3 Å². The van der Waals surface area contributed by atoms with Crippen LogP contribution in [0.4, 0.5) is 0 Å². The van der Waals surface area contributed by atoms with Crippen LogP contribution < -0.4 is 5.32 Å². The molecule has 0 unspecified atom stereocenters. The molecular formula is C11H14N2O3. The smallest absolute Gasteiger partial charge is 0.257 e. The number of hydrogen-bond donors (Lipinski definition) is 1. The van der Waals surface area contributed by atoms with Gasteiger partial charge in [0.1, 0.15) is 5.76 Å². The molecule has 5 heteroatoms. The fourth-order valence-corrected chi connectivity index (χ4v) is 1.76. The Morgan fingerprint density at radius 2 is 2.38 bits per heavy atom. The largest absolute Gasteiger partial charge is 0.469 e. The second-order valence-corrected chi connectivity index (χ2v) is 3.82. The zero-order valence-electron chi connectivity index (χ0n) is 9.16. The summed E-state index contributed by atoms with van der Waals surface area (Å²) >= 11 is 0. The summed E-state index contributed by atoms with van der Waals surface area (Å²) in [5, 5.41) is 2.73. The van der Waals surface area contributed by atoms with Crippen molar-refractivity contribution in [1.82, 2.24) is 10.2 Å². The van der Waals surface area contributed by atoms with Gasteiger partial charge in [0, 0.05) is 13.1 Å². The molecule has 1 fully saturated rings. The third-order valence-electron chi connectivity index (χ3n) is 2.64. The van der Waals surface area contributed by atoms with Crippen LogP contribution in [0, 0.1) is 6.92 Å². The normalized spacial score (nSPS) is 16.8. The maximum absolute atomic E-state index is 12.1. The van der Waals surface area contributed by atoms with Crippen molar-refractivity contribution in [2.24, 2.45) is 0 Å². The van der Waals surface area contributed by atoms with Gasteiger partial charge in [-0.3, -0.25) is 9.59 Å². The molecule has 1 aromatic heterocycles. The van der Waals surface area contributed by atoms with Crippen molar-refractivity contribution in [2.75, 3.05) is 19.6 Å². The van der Waals surface area contributed by atoms with Crippen molar-refractivity contribution >= 4 is 11.8 Å². The van der Waals surface area contributed by atoms with E-state index in [0.717, 1.165) is 6.42 Å². The lowest BCUT2D eigenvalue weighted by Gasteiger charge is -2.18. The highest BCUT2D eigenvalue weighted by molar-refractivity contribution is 5.97. The van der Waals surface area contributed by atoms with Gasteiger partial charge in [0.15, 0.2) is 0 Å². The Hall–Kier alpha value is -1.78. The monoisotopic (exact) mass is 222 g/mol. The molecule has 2 heterocycles. The van der Waals surface area contributed by atoms with E-state index in [1.54, 1.807) is 17.9 Å². The van der Waals surface area contributed by atoms with Gasteiger partial charge < -0.3 is 14.6 Å². The van der Waals surface area contributed by atoms with Gasteiger partial charge in [0.25, 0.3) is 5.91 Å². The third kappa shape index (κ3) is 2.08. The highest BCUT2D eigenvalue weighted by atomic mass is 16.3. The maximum Gasteiger partial charge on any atom is 0.257 e. The van der Waals surface area contributed by atoms with Gasteiger partial charge in [-0.2, -0.15) is 0 Å².